The molecule has 0 rings (SSSR count). The summed E-state index contributed by atoms with van der Waals surface area (Å²) in [5.41, 5.74) is 10.2. The first kappa shape index (κ1) is 13.5. The fourth-order valence-corrected chi connectivity index (χ4v) is 1.11. The zero-order chi connectivity index (χ0) is 7.98. The lowest BCUT2D eigenvalue weighted by Gasteiger charge is -2.03. The molecule has 0 heterocycles. The Morgan fingerprint density at radius 3 is 2.55 bits per heavy atom. The number of thioether (sulfide) groups is 1. The highest BCUT2D eigenvalue weighted by atomic mass is 35.5. The van der Waals surface area contributed by atoms with Crippen molar-refractivity contribution in [3.05, 3.63) is 0 Å². The zero-order valence-corrected chi connectivity index (χ0v) is 7.99. The minimum absolute atomic E-state index is 0. The van der Waals surface area contributed by atoms with E-state index >= 15 is 0 Å². The monoisotopic (exact) mass is 199 g/mol. The van der Waals surface area contributed by atoms with Gasteiger partial charge in [0.15, 0.2) is 5.96 Å². The molecular formula is C5H14ClN3OS. The maximum absolute atomic E-state index is 8.42. The molecule has 11 heavy (non-hydrogen) atoms. The van der Waals surface area contributed by atoms with Gasteiger partial charge < -0.3 is 16.6 Å². The number of nitrogens with two attached hydrogens (primary N) is 2. The van der Waals surface area contributed by atoms with Crippen molar-refractivity contribution < 1.29 is 5.11 Å². The first-order valence-electron chi connectivity index (χ1n) is 2.98. The van der Waals surface area contributed by atoms with Crippen LogP contribution in [-0.4, -0.2) is 28.8 Å². The van der Waals surface area contributed by atoms with Crippen LogP contribution in [0.25, 0.3) is 0 Å². The molecule has 0 aromatic heterocycles. The predicted molar refractivity (Wildman–Crippen MR) is 52.1 cm³/mol. The molecule has 0 aliphatic heterocycles. The Bertz CT molecular complexity index is 118. The SMILES string of the molecule is CC(N=C(N)N)SCCO.Cl. The Labute approximate surface area is 76.8 Å². The molecule has 0 aliphatic carbocycles. The van der Waals surface area contributed by atoms with Gasteiger partial charge in [-0.15, -0.1) is 24.2 Å². The molecule has 0 saturated heterocycles. The van der Waals surface area contributed by atoms with Gasteiger partial charge in [-0.25, -0.2) is 4.99 Å². The molecule has 4 nitrogen and oxygen atoms in total. The minimum Gasteiger partial charge on any atom is -0.396 e. The number of rotatable bonds is 4. The van der Waals surface area contributed by atoms with Crippen LogP contribution in [0.15, 0.2) is 4.99 Å². The summed E-state index contributed by atoms with van der Waals surface area (Å²) in [5, 5.41) is 8.46. The third-order valence-electron chi connectivity index (χ3n) is 0.781. The fraction of sp³-hybridized carbons (Fsp3) is 0.800. The van der Waals surface area contributed by atoms with E-state index in [-0.39, 0.29) is 30.3 Å². The molecule has 0 bridgehead atoms. The molecule has 0 spiro atoms. The molecule has 1 atom stereocenters. The summed E-state index contributed by atoms with van der Waals surface area (Å²) in [6, 6.07) is 0. The summed E-state index contributed by atoms with van der Waals surface area (Å²) in [6.45, 7) is 2.04. The van der Waals surface area contributed by atoms with Gasteiger partial charge in [0.05, 0.1) is 12.0 Å². The number of hydrogen-bond donors (Lipinski definition) is 3. The normalized spacial score (nSPS) is 11.5. The van der Waals surface area contributed by atoms with Crippen molar-refractivity contribution in [1.82, 2.24) is 0 Å². The standard InChI is InChI=1S/C5H13N3OS.ClH/c1-4(8-5(6)7)10-3-2-9;/h4,9H,2-3H2,1H3,(H4,6,7,8);1H. The van der Waals surface area contributed by atoms with E-state index in [2.05, 4.69) is 4.99 Å². The quantitative estimate of drug-likeness (QED) is 0.431. The Morgan fingerprint density at radius 2 is 2.18 bits per heavy atom. The first-order chi connectivity index (χ1) is 4.66. The van der Waals surface area contributed by atoms with Crippen LogP contribution in [0, 0.1) is 0 Å². The molecule has 6 heteroatoms. The molecule has 68 valence electrons. The predicted octanol–water partition coefficient (Wildman–Crippen LogP) is -0.247. The summed E-state index contributed by atoms with van der Waals surface area (Å²) >= 11 is 1.51. The lowest BCUT2D eigenvalue weighted by molar-refractivity contribution is 0.322. The number of guanidine groups is 1. The highest BCUT2D eigenvalue weighted by Crippen LogP contribution is 2.09. The fourth-order valence-electron chi connectivity index (χ4n) is 0.470. The van der Waals surface area contributed by atoms with E-state index in [1.165, 1.54) is 11.8 Å². The molecule has 0 aromatic carbocycles. The van der Waals surface area contributed by atoms with E-state index < -0.39 is 0 Å². The van der Waals surface area contributed by atoms with Crippen LogP contribution >= 0.6 is 24.2 Å². The second kappa shape index (κ2) is 7.97. The van der Waals surface area contributed by atoms with Gasteiger partial charge in [0.1, 0.15) is 0 Å². The van der Waals surface area contributed by atoms with Crippen molar-refractivity contribution in [2.24, 2.45) is 16.5 Å². The third kappa shape index (κ3) is 9.87. The van der Waals surface area contributed by atoms with Crippen LogP contribution in [0.4, 0.5) is 0 Å². The zero-order valence-electron chi connectivity index (χ0n) is 6.36. The van der Waals surface area contributed by atoms with Gasteiger partial charge in [0, 0.05) is 5.75 Å². The maximum Gasteiger partial charge on any atom is 0.187 e. The van der Waals surface area contributed by atoms with Crippen LogP contribution < -0.4 is 11.5 Å². The molecule has 0 saturated carbocycles. The Morgan fingerprint density at radius 1 is 1.64 bits per heavy atom. The van der Waals surface area contributed by atoms with E-state index in [4.69, 9.17) is 16.6 Å². The molecule has 0 amide bonds. The smallest absolute Gasteiger partial charge is 0.187 e. The Balaban J connectivity index is 0. The van der Waals surface area contributed by atoms with E-state index in [9.17, 15) is 0 Å². The summed E-state index contributed by atoms with van der Waals surface area (Å²) < 4.78 is 0. The van der Waals surface area contributed by atoms with Gasteiger partial charge in [0.25, 0.3) is 0 Å². The molecule has 5 N–H and O–H groups in total. The lowest BCUT2D eigenvalue weighted by atomic mass is 10.8. The van der Waals surface area contributed by atoms with Crippen molar-refractivity contribution in [3.63, 3.8) is 0 Å². The van der Waals surface area contributed by atoms with E-state index in [0.29, 0.717) is 5.75 Å². The van der Waals surface area contributed by atoms with Crippen molar-refractivity contribution in [3.8, 4) is 0 Å². The summed E-state index contributed by atoms with van der Waals surface area (Å²) in [6.07, 6.45) is 0. The van der Waals surface area contributed by atoms with Crippen LogP contribution in [-0.2, 0) is 0 Å². The topological polar surface area (TPSA) is 84.6 Å². The molecule has 0 fully saturated rings. The lowest BCUT2D eigenvalue weighted by Crippen LogP contribution is -2.24. The second-order valence-electron chi connectivity index (χ2n) is 1.75. The minimum atomic E-state index is 0. The highest BCUT2D eigenvalue weighted by Gasteiger charge is 1.97. The average Bonchev–Trinajstić information content (AvgIpc) is 1.82. The largest absolute Gasteiger partial charge is 0.396 e. The third-order valence-corrected chi connectivity index (χ3v) is 1.79. The van der Waals surface area contributed by atoms with Gasteiger partial charge in [-0.1, -0.05) is 0 Å². The number of hydrogen-bond acceptors (Lipinski definition) is 3. The summed E-state index contributed by atoms with van der Waals surface area (Å²) in [4.78, 5) is 3.84. The van der Waals surface area contributed by atoms with Crippen molar-refractivity contribution in [2.75, 3.05) is 12.4 Å². The summed E-state index contributed by atoms with van der Waals surface area (Å²) in [5.74, 6) is 0.760. The van der Waals surface area contributed by atoms with Gasteiger partial charge in [-0.3, -0.25) is 0 Å². The average molecular weight is 200 g/mol. The van der Waals surface area contributed by atoms with Crippen LogP contribution in [0.3, 0.4) is 0 Å². The summed E-state index contributed by atoms with van der Waals surface area (Å²) in [7, 11) is 0. The van der Waals surface area contributed by atoms with Gasteiger partial charge in [-0.2, -0.15) is 0 Å². The van der Waals surface area contributed by atoms with Gasteiger partial charge in [-0.05, 0) is 6.92 Å². The number of aliphatic hydroxyl groups excluding tert-OH is 1. The number of aliphatic imine (C=N–C) groups is 1. The van der Waals surface area contributed by atoms with Gasteiger partial charge >= 0.3 is 0 Å². The number of aliphatic hydroxyl groups is 1. The number of halogens is 1. The first-order valence-corrected chi connectivity index (χ1v) is 4.03. The van der Waals surface area contributed by atoms with Crippen LogP contribution in [0.5, 0.6) is 0 Å². The molecular weight excluding hydrogens is 186 g/mol. The Kier molecular flexibility index (Phi) is 9.75. The van der Waals surface area contributed by atoms with Crippen molar-refractivity contribution in [2.45, 2.75) is 12.3 Å². The Hall–Kier alpha value is -0.130. The van der Waals surface area contributed by atoms with Gasteiger partial charge in [0.2, 0.25) is 0 Å². The molecule has 0 aromatic rings. The maximum atomic E-state index is 8.42. The number of nitrogens with zero attached hydrogens (tertiary/aromatic N) is 1. The van der Waals surface area contributed by atoms with E-state index in [0.717, 1.165) is 0 Å². The van der Waals surface area contributed by atoms with Crippen LogP contribution in [0.1, 0.15) is 6.92 Å². The van der Waals surface area contributed by atoms with Crippen LogP contribution in [0.2, 0.25) is 0 Å². The molecule has 1 unspecified atom stereocenters. The van der Waals surface area contributed by atoms with E-state index in [1.807, 2.05) is 6.92 Å². The highest BCUT2D eigenvalue weighted by molar-refractivity contribution is 7.99. The van der Waals surface area contributed by atoms with Crippen molar-refractivity contribution in [1.29, 1.82) is 0 Å². The van der Waals surface area contributed by atoms with Crippen molar-refractivity contribution >= 4 is 30.1 Å². The molecule has 0 aliphatic rings. The molecule has 0 radical (unpaired) electrons. The second-order valence-corrected chi connectivity index (χ2v) is 3.17. The van der Waals surface area contributed by atoms with E-state index in [1.54, 1.807) is 0 Å².